The molecule has 0 radical (unpaired) electrons. The summed E-state index contributed by atoms with van der Waals surface area (Å²) < 4.78 is 21.9. The molecular weight excluding hydrogens is 585 g/mol. The molecule has 2 aromatic heterocycles. The Morgan fingerprint density at radius 2 is 1.85 bits per heavy atom. The number of aromatic nitrogens is 3. The normalized spacial score (nSPS) is 24.9. The summed E-state index contributed by atoms with van der Waals surface area (Å²) in [6.07, 6.45) is 4.92. The zero-order valence-electron chi connectivity index (χ0n) is 27.6. The van der Waals surface area contributed by atoms with Crippen LogP contribution in [0.25, 0.3) is 22.3 Å². The molecule has 0 bridgehead atoms. The zero-order chi connectivity index (χ0) is 32.5. The molecule has 4 aliphatic rings. The number of alkyl halides is 1. The number of halogens is 1. The molecule has 1 spiro atoms. The summed E-state index contributed by atoms with van der Waals surface area (Å²) in [5, 5.41) is 0. The number of rotatable bonds is 4. The lowest BCUT2D eigenvalue weighted by Crippen LogP contribution is -2.59. The number of nitrogens with two attached hydrogens (primary N) is 1. The van der Waals surface area contributed by atoms with Crippen molar-refractivity contribution < 1.29 is 18.7 Å². The Kier molecular flexibility index (Phi) is 7.53. The van der Waals surface area contributed by atoms with Gasteiger partial charge in [0.2, 0.25) is 5.91 Å². The standard InChI is InChI=1S/C35H46FN7O3/c1-21(2)42-20-38-28-18-27(39-31(37)30(28)42)22-8-9-26-29(15-22)43(25-16-24(17-25)41-12-6-7-23(36)19-41)32(44)35(26)10-13-40(14-11-35)33(45)46-34(3,4)5/h8-9,15,18,20-21,23-25H,6-7,10-14,16-17,19H2,1-5H3,(H2,37,39)/t23-,24?,25?/m1/s1. The molecule has 246 valence electrons. The minimum absolute atomic E-state index is 0.0389. The molecule has 0 unspecified atom stereocenters. The van der Waals surface area contributed by atoms with Gasteiger partial charge < -0.3 is 24.8 Å². The van der Waals surface area contributed by atoms with Crippen LogP contribution in [0, 0.1) is 0 Å². The van der Waals surface area contributed by atoms with Gasteiger partial charge in [-0.15, -0.1) is 0 Å². The second-order valence-corrected chi connectivity index (χ2v) is 15.0. The molecule has 3 aliphatic heterocycles. The summed E-state index contributed by atoms with van der Waals surface area (Å²) in [5.41, 5.74) is 10.3. The molecule has 3 aromatic rings. The molecule has 10 nitrogen and oxygen atoms in total. The van der Waals surface area contributed by atoms with Crippen molar-refractivity contribution in [2.45, 2.75) is 108 Å². The Labute approximate surface area is 270 Å². The predicted octanol–water partition coefficient (Wildman–Crippen LogP) is 5.84. The molecular formula is C35H46FN7O3. The summed E-state index contributed by atoms with van der Waals surface area (Å²) in [6.45, 7) is 12.1. The van der Waals surface area contributed by atoms with E-state index in [1.54, 1.807) is 11.2 Å². The molecule has 2 saturated heterocycles. The first kappa shape index (κ1) is 30.9. The number of nitrogens with zero attached hydrogens (tertiary/aromatic N) is 6. The number of benzene rings is 1. The highest BCUT2D eigenvalue weighted by Gasteiger charge is 2.56. The van der Waals surface area contributed by atoms with E-state index in [1.165, 1.54) is 0 Å². The number of nitrogen functional groups attached to an aromatic ring is 1. The summed E-state index contributed by atoms with van der Waals surface area (Å²) in [7, 11) is 0. The second-order valence-electron chi connectivity index (χ2n) is 15.0. The third-order valence-electron chi connectivity index (χ3n) is 10.5. The predicted molar refractivity (Wildman–Crippen MR) is 176 cm³/mol. The van der Waals surface area contributed by atoms with Crippen LogP contribution >= 0.6 is 0 Å². The molecule has 46 heavy (non-hydrogen) atoms. The van der Waals surface area contributed by atoms with Crippen molar-refractivity contribution in [3.8, 4) is 11.3 Å². The van der Waals surface area contributed by atoms with Crippen molar-refractivity contribution in [3.63, 3.8) is 0 Å². The Balaban J connectivity index is 1.21. The maximum Gasteiger partial charge on any atom is 0.410 e. The van der Waals surface area contributed by atoms with Crippen molar-refractivity contribution in [2.75, 3.05) is 36.8 Å². The largest absolute Gasteiger partial charge is 0.444 e. The molecule has 1 aliphatic carbocycles. The van der Waals surface area contributed by atoms with Gasteiger partial charge in [0.05, 0.1) is 23.0 Å². The second kappa shape index (κ2) is 11.2. The Morgan fingerprint density at radius 3 is 2.52 bits per heavy atom. The van der Waals surface area contributed by atoms with Gasteiger partial charge in [-0.1, -0.05) is 12.1 Å². The Morgan fingerprint density at radius 1 is 1.11 bits per heavy atom. The molecule has 1 saturated carbocycles. The van der Waals surface area contributed by atoms with E-state index >= 15 is 0 Å². The van der Waals surface area contributed by atoms with E-state index in [1.807, 2.05) is 42.4 Å². The van der Waals surface area contributed by atoms with Crippen LogP contribution in [0.15, 0.2) is 30.6 Å². The number of carbonyl (C=O) groups is 2. The van der Waals surface area contributed by atoms with Gasteiger partial charge in [-0.05, 0) is 97.4 Å². The van der Waals surface area contributed by atoms with E-state index in [0.717, 1.165) is 53.7 Å². The lowest BCUT2D eigenvalue weighted by molar-refractivity contribution is -0.126. The van der Waals surface area contributed by atoms with Crippen LogP contribution in [0.4, 0.5) is 20.7 Å². The molecule has 11 heteroatoms. The van der Waals surface area contributed by atoms with Crippen molar-refractivity contribution in [1.29, 1.82) is 0 Å². The van der Waals surface area contributed by atoms with Crippen LogP contribution in [0.1, 0.15) is 84.7 Å². The number of hydrogen-bond donors (Lipinski definition) is 1. The van der Waals surface area contributed by atoms with E-state index in [4.69, 9.17) is 15.5 Å². The highest BCUT2D eigenvalue weighted by molar-refractivity contribution is 6.09. The van der Waals surface area contributed by atoms with Gasteiger partial charge in [-0.25, -0.2) is 19.2 Å². The first-order valence-corrected chi connectivity index (χ1v) is 16.8. The number of fused-ring (bicyclic) bond motifs is 3. The first-order valence-electron chi connectivity index (χ1n) is 16.8. The number of piperidine rings is 2. The van der Waals surface area contributed by atoms with E-state index < -0.39 is 17.2 Å². The number of amides is 2. The fourth-order valence-electron chi connectivity index (χ4n) is 7.97. The number of hydrogen-bond acceptors (Lipinski definition) is 7. The molecule has 3 fully saturated rings. The van der Waals surface area contributed by atoms with Gasteiger partial charge in [0.15, 0.2) is 0 Å². The van der Waals surface area contributed by atoms with Crippen LogP contribution in [-0.4, -0.2) is 86.4 Å². The lowest BCUT2D eigenvalue weighted by Gasteiger charge is -2.48. The van der Waals surface area contributed by atoms with Crippen molar-refractivity contribution in [2.24, 2.45) is 0 Å². The number of imidazole rings is 1. The van der Waals surface area contributed by atoms with Gasteiger partial charge in [0, 0.05) is 49.0 Å². The van der Waals surface area contributed by atoms with Crippen LogP contribution in [-0.2, 0) is 14.9 Å². The maximum atomic E-state index is 14.6. The molecule has 2 amide bonds. The summed E-state index contributed by atoms with van der Waals surface area (Å²) in [5.74, 6) is 0.528. The van der Waals surface area contributed by atoms with Crippen LogP contribution in [0.3, 0.4) is 0 Å². The van der Waals surface area contributed by atoms with Crippen molar-refractivity contribution in [1.82, 2.24) is 24.3 Å². The highest BCUT2D eigenvalue weighted by Crippen LogP contribution is 2.52. The fourth-order valence-corrected chi connectivity index (χ4v) is 7.97. The maximum absolute atomic E-state index is 14.6. The Hall–Kier alpha value is -3.73. The van der Waals surface area contributed by atoms with Crippen LogP contribution < -0.4 is 10.6 Å². The van der Waals surface area contributed by atoms with Crippen molar-refractivity contribution >= 4 is 34.5 Å². The van der Waals surface area contributed by atoms with E-state index in [9.17, 15) is 14.0 Å². The van der Waals surface area contributed by atoms with Crippen LogP contribution in [0.2, 0.25) is 0 Å². The van der Waals surface area contributed by atoms with Gasteiger partial charge in [-0.2, -0.15) is 0 Å². The average molecular weight is 632 g/mol. The fraction of sp³-hybridized carbons (Fsp3) is 0.600. The number of carbonyl (C=O) groups excluding carboxylic acids is 2. The van der Waals surface area contributed by atoms with Crippen molar-refractivity contribution in [3.05, 3.63) is 36.2 Å². The van der Waals surface area contributed by atoms with Gasteiger partial charge in [0.1, 0.15) is 23.1 Å². The number of likely N-dealkylation sites (tertiary alicyclic amines) is 2. The SMILES string of the molecule is CC(C)n1cnc2cc(-c3ccc4c(c3)N(C3CC(N5CCC[C@@H](F)C5)C3)C(=O)C43CCN(C(=O)OC(C)(C)C)CC3)nc(N)c21. The Bertz CT molecular complexity index is 1670. The highest BCUT2D eigenvalue weighted by atomic mass is 19.1. The topological polar surface area (TPSA) is 110 Å². The molecule has 1 aromatic carbocycles. The van der Waals surface area contributed by atoms with Gasteiger partial charge >= 0.3 is 6.09 Å². The molecule has 2 N–H and O–H groups in total. The zero-order valence-corrected chi connectivity index (χ0v) is 27.6. The summed E-state index contributed by atoms with van der Waals surface area (Å²) in [4.78, 5) is 42.9. The smallest absolute Gasteiger partial charge is 0.410 e. The van der Waals surface area contributed by atoms with E-state index in [2.05, 4.69) is 35.9 Å². The molecule has 1 atom stereocenters. The summed E-state index contributed by atoms with van der Waals surface area (Å²) >= 11 is 0. The van der Waals surface area contributed by atoms with Gasteiger partial charge in [-0.3, -0.25) is 9.69 Å². The molecule has 5 heterocycles. The third kappa shape index (κ3) is 5.20. The first-order chi connectivity index (χ1) is 21.8. The quantitative estimate of drug-likeness (QED) is 0.385. The summed E-state index contributed by atoms with van der Waals surface area (Å²) in [6, 6.07) is 8.68. The number of anilines is 2. The monoisotopic (exact) mass is 631 g/mol. The van der Waals surface area contributed by atoms with Gasteiger partial charge in [0.25, 0.3) is 0 Å². The number of pyridine rings is 1. The minimum Gasteiger partial charge on any atom is -0.444 e. The third-order valence-corrected chi connectivity index (χ3v) is 10.5. The number of ether oxygens (including phenoxy) is 1. The van der Waals surface area contributed by atoms with Crippen LogP contribution in [0.5, 0.6) is 0 Å². The van der Waals surface area contributed by atoms with E-state index in [0.29, 0.717) is 50.4 Å². The lowest BCUT2D eigenvalue weighted by atomic mass is 9.73. The average Bonchev–Trinajstić information content (AvgIpc) is 3.51. The van der Waals surface area contributed by atoms with E-state index in [-0.39, 0.29) is 30.1 Å². The molecule has 7 rings (SSSR count). The minimum atomic E-state index is -0.771.